The van der Waals surface area contributed by atoms with Crippen molar-refractivity contribution in [3.05, 3.63) is 36.0 Å². The van der Waals surface area contributed by atoms with Crippen molar-refractivity contribution < 1.29 is 0 Å². The van der Waals surface area contributed by atoms with Gasteiger partial charge < -0.3 is 5.32 Å². The van der Waals surface area contributed by atoms with Crippen LogP contribution in [-0.2, 0) is 7.05 Å². The number of hydrogen-bond acceptors (Lipinski definition) is 3. The molecule has 2 heterocycles. The standard InChI is InChI=1S/C12H13N5/c1-8-5-3-4-6-10(8)14-11-9-7-13-17(2)12(9)16-15-11/h3-7H,1-2H3,(H2,14,15,16). The maximum absolute atomic E-state index is 4.22. The number of H-pyrrole nitrogens is 1. The third kappa shape index (κ3) is 1.56. The molecule has 3 rings (SSSR count). The lowest BCUT2D eigenvalue weighted by Crippen LogP contribution is -1.93. The quantitative estimate of drug-likeness (QED) is 0.706. The van der Waals surface area contributed by atoms with Crippen molar-refractivity contribution in [2.24, 2.45) is 7.05 Å². The fraction of sp³-hybridized carbons (Fsp3) is 0.167. The topological polar surface area (TPSA) is 58.5 Å². The van der Waals surface area contributed by atoms with E-state index in [1.54, 1.807) is 10.9 Å². The maximum atomic E-state index is 4.22. The molecule has 0 aliphatic rings. The molecular weight excluding hydrogens is 214 g/mol. The zero-order chi connectivity index (χ0) is 11.8. The van der Waals surface area contributed by atoms with Crippen molar-refractivity contribution >= 4 is 22.5 Å². The van der Waals surface area contributed by atoms with Crippen molar-refractivity contribution in [2.45, 2.75) is 6.92 Å². The predicted molar refractivity (Wildman–Crippen MR) is 67.3 cm³/mol. The van der Waals surface area contributed by atoms with Gasteiger partial charge in [0.15, 0.2) is 5.65 Å². The molecule has 0 atom stereocenters. The Morgan fingerprint density at radius 1 is 1.29 bits per heavy atom. The monoisotopic (exact) mass is 227 g/mol. The average Bonchev–Trinajstić information content (AvgIpc) is 2.87. The van der Waals surface area contributed by atoms with Gasteiger partial charge in [0.25, 0.3) is 0 Å². The Bertz CT molecular complexity index is 664. The van der Waals surface area contributed by atoms with Crippen LogP contribution >= 0.6 is 0 Å². The molecule has 0 saturated heterocycles. The Balaban J connectivity index is 2.03. The number of para-hydroxylation sites is 1. The van der Waals surface area contributed by atoms with Crippen LogP contribution < -0.4 is 5.32 Å². The molecule has 1 aromatic carbocycles. The lowest BCUT2D eigenvalue weighted by Gasteiger charge is -2.06. The summed E-state index contributed by atoms with van der Waals surface area (Å²) in [6.07, 6.45) is 1.80. The Labute approximate surface area is 98.5 Å². The first kappa shape index (κ1) is 9.89. The summed E-state index contributed by atoms with van der Waals surface area (Å²) >= 11 is 0. The highest BCUT2D eigenvalue weighted by Crippen LogP contribution is 2.24. The van der Waals surface area contributed by atoms with Gasteiger partial charge in [-0.05, 0) is 18.6 Å². The highest BCUT2D eigenvalue weighted by Gasteiger charge is 2.09. The number of nitrogens with zero attached hydrogens (tertiary/aromatic N) is 3. The molecule has 0 saturated carbocycles. The molecule has 5 heteroatoms. The normalized spacial score (nSPS) is 10.9. The molecule has 0 spiro atoms. The zero-order valence-electron chi connectivity index (χ0n) is 9.73. The minimum absolute atomic E-state index is 0.848. The first-order chi connectivity index (χ1) is 8.25. The fourth-order valence-electron chi connectivity index (χ4n) is 1.85. The van der Waals surface area contributed by atoms with Gasteiger partial charge in [-0.2, -0.15) is 10.2 Å². The lowest BCUT2D eigenvalue weighted by atomic mass is 10.2. The van der Waals surface area contributed by atoms with Crippen LogP contribution in [0.1, 0.15) is 5.56 Å². The molecule has 3 aromatic rings. The van der Waals surface area contributed by atoms with Crippen molar-refractivity contribution in [3.8, 4) is 0 Å². The van der Waals surface area contributed by atoms with Gasteiger partial charge in [-0.3, -0.25) is 5.10 Å². The van der Waals surface area contributed by atoms with E-state index in [9.17, 15) is 0 Å². The minimum Gasteiger partial charge on any atom is -0.340 e. The Kier molecular flexibility index (Phi) is 2.11. The van der Waals surface area contributed by atoms with Crippen LogP contribution in [0, 0.1) is 6.92 Å². The van der Waals surface area contributed by atoms with E-state index >= 15 is 0 Å². The first-order valence-electron chi connectivity index (χ1n) is 5.44. The number of aryl methyl sites for hydroxylation is 2. The van der Waals surface area contributed by atoms with Crippen LogP contribution in [0.15, 0.2) is 30.5 Å². The highest BCUT2D eigenvalue weighted by atomic mass is 15.3. The molecule has 0 aliphatic heterocycles. The summed E-state index contributed by atoms with van der Waals surface area (Å²) in [5.41, 5.74) is 3.11. The first-order valence-corrected chi connectivity index (χ1v) is 5.44. The van der Waals surface area contributed by atoms with Crippen LogP contribution in [0.5, 0.6) is 0 Å². The van der Waals surface area contributed by atoms with Crippen molar-refractivity contribution in [1.29, 1.82) is 0 Å². The van der Waals surface area contributed by atoms with Crippen LogP contribution in [0.4, 0.5) is 11.5 Å². The SMILES string of the molecule is Cc1ccccc1Nc1[nH]nc2c1cnn2C. The molecule has 0 unspecified atom stereocenters. The number of hydrogen-bond donors (Lipinski definition) is 2. The Hall–Kier alpha value is -2.30. The second-order valence-corrected chi connectivity index (χ2v) is 4.04. The third-order valence-electron chi connectivity index (χ3n) is 2.86. The van der Waals surface area contributed by atoms with Gasteiger partial charge in [-0.1, -0.05) is 18.2 Å². The summed E-state index contributed by atoms with van der Waals surface area (Å²) in [6.45, 7) is 2.07. The van der Waals surface area contributed by atoms with E-state index in [0.717, 1.165) is 22.5 Å². The Morgan fingerprint density at radius 3 is 2.94 bits per heavy atom. The molecule has 2 N–H and O–H groups in total. The van der Waals surface area contributed by atoms with E-state index in [4.69, 9.17) is 0 Å². The average molecular weight is 227 g/mol. The molecule has 86 valence electrons. The van der Waals surface area contributed by atoms with Gasteiger partial charge in [0.2, 0.25) is 0 Å². The molecule has 17 heavy (non-hydrogen) atoms. The number of benzene rings is 1. The number of fused-ring (bicyclic) bond motifs is 1. The zero-order valence-corrected chi connectivity index (χ0v) is 9.73. The second-order valence-electron chi connectivity index (χ2n) is 4.04. The molecular formula is C12H13N5. The van der Waals surface area contributed by atoms with Gasteiger partial charge >= 0.3 is 0 Å². The summed E-state index contributed by atoms with van der Waals surface area (Å²) < 4.78 is 1.74. The number of anilines is 2. The van der Waals surface area contributed by atoms with Crippen molar-refractivity contribution in [1.82, 2.24) is 20.0 Å². The number of aromatic nitrogens is 4. The molecule has 0 radical (unpaired) electrons. The smallest absolute Gasteiger partial charge is 0.181 e. The van der Waals surface area contributed by atoms with E-state index in [2.05, 4.69) is 33.6 Å². The summed E-state index contributed by atoms with van der Waals surface area (Å²) in [7, 11) is 1.88. The van der Waals surface area contributed by atoms with Crippen LogP contribution in [0.3, 0.4) is 0 Å². The summed E-state index contributed by atoms with van der Waals surface area (Å²) in [6, 6.07) is 8.14. The predicted octanol–water partition coefficient (Wildman–Crippen LogP) is 2.35. The van der Waals surface area contributed by atoms with Crippen LogP contribution in [-0.4, -0.2) is 20.0 Å². The van der Waals surface area contributed by atoms with E-state index in [-0.39, 0.29) is 0 Å². The second kappa shape index (κ2) is 3.62. The van der Waals surface area contributed by atoms with Crippen LogP contribution in [0.25, 0.3) is 11.0 Å². The minimum atomic E-state index is 0.848. The number of rotatable bonds is 2. The van der Waals surface area contributed by atoms with Gasteiger partial charge in [-0.25, -0.2) is 4.68 Å². The van der Waals surface area contributed by atoms with Crippen molar-refractivity contribution in [2.75, 3.05) is 5.32 Å². The maximum Gasteiger partial charge on any atom is 0.181 e. The lowest BCUT2D eigenvalue weighted by molar-refractivity contribution is 0.779. The van der Waals surface area contributed by atoms with Crippen LogP contribution in [0.2, 0.25) is 0 Å². The van der Waals surface area contributed by atoms with Gasteiger partial charge in [0.1, 0.15) is 5.82 Å². The molecule has 0 aliphatic carbocycles. The highest BCUT2D eigenvalue weighted by molar-refractivity contribution is 5.89. The summed E-state index contributed by atoms with van der Waals surface area (Å²) in [4.78, 5) is 0. The third-order valence-corrected chi connectivity index (χ3v) is 2.86. The molecule has 5 nitrogen and oxygen atoms in total. The largest absolute Gasteiger partial charge is 0.340 e. The summed E-state index contributed by atoms with van der Waals surface area (Å²) in [5.74, 6) is 0.877. The molecule has 2 aromatic heterocycles. The Morgan fingerprint density at radius 2 is 2.12 bits per heavy atom. The number of aromatic amines is 1. The van der Waals surface area contributed by atoms with E-state index < -0.39 is 0 Å². The molecule has 0 bridgehead atoms. The van der Waals surface area contributed by atoms with E-state index in [1.165, 1.54) is 5.56 Å². The fourth-order valence-corrected chi connectivity index (χ4v) is 1.85. The van der Waals surface area contributed by atoms with E-state index in [0.29, 0.717) is 0 Å². The van der Waals surface area contributed by atoms with Crippen molar-refractivity contribution in [3.63, 3.8) is 0 Å². The van der Waals surface area contributed by atoms with E-state index in [1.807, 2.05) is 25.2 Å². The summed E-state index contributed by atoms with van der Waals surface area (Å²) in [5, 5.41) is 15.7. The molecule has 0 amide bonds. The van der Waals surface area contributed by atoms with Gasteiger partial charge in [0, 0.05) is 12.7 Å². The number of nitrogens with one attached hydrogen (secondary N) is 2. The molecule has 0 fully saturated rings. The van der Waals surface area contributed by atoms with Gasteiger partial charge in [-0.15, -0.1) is 0 Å². The van der Waals surface area contributed by atoms with Gasteiger partial charge in [0.05, 0.1) is 11.6 Å².